The maximum Gasteiger partial charge on any atom is 0.191 e. The Morgan fingerprint density at radius 1 is 1.19 bits per heavy atom. The monoisotopic (exact) mass is 510 g/mol. The van der Waals surface area contributed by atoms with Gasteiger partial charge in [0, 0.05) is 49.7 Å². The Balaban J connectivity index is 0.00000261. The van der Waals surface area contributed by atoms with E-state index in [0.29, 0.717) is 6.04 Å². The van der Waals surface area contributed by atoms with Crippen molar-refractivity contribution in [1.82, 2.24) is 15.5 Å². The maximum absolute atomic E-state index is 5.59. The lowest BCUT2D eigenvalue weighted by molar-refractivity contribution is 0.0793. The van der Waals surface area contributed by atoms with Gasteiger partial charge in [-0.2, -0.15) is 11.8 Å². The first-order valence-electron chi connectivity index (χ1n) is 10.8. The van der Waals surface area contributed by atoms with Gasteiger partial charge < -0.3 is 15.4 Å². The van der Waals surface area contributed by atoms with Gasteiger partial charge in [0.2, 0.25) is 0 Å². The van der Waals surface area contributed by atoms with Gasteiger partial charge in [0.25, 0.3) is 0 Å². The molecule has 0 aromatic heterocycles. The minimum absolute atomic E-state index is 0. The van der Waals surface area contributed by atoms with E-state index in [-0.39, 0.29) is 28.7 Å². The molecule has 3 aliphatic rings. The van der Waals surface area contributed by atoms with Crippen LogP contribution in [0.3, 0.4) is 0 Å². The highest BCUT2D eigenvalue weighted by Crippen LogP contribution is 2.35. The zero-order valence-corrected chi connectivity index (χ0v) is 20.3. The van der Waals surface area contributed by atoms with Crippen LogP contribution in [0.2, 0.25) is 0 Å². The molecule has 0 aromatic carbocycles. The molecule has 0 bridgehead atoms. The summed E-state index contributed by atoms with van der Waals surface area (Å²) in [5.41, 5.74) is 0. The topological polar surface area (TPSA) is 48.9 Å². The summed E-state index contributed by atoms with van der Waals surface area (Å²) in [6, 6.07) is 1.38. The van der Waals surface area contributed by atoms with Crippen LogP contribution in [0.5, 0.6) is 0 Å². The van der Waals surface area contributed by atoms with Crippen LogP contribution in [-0.2, 0) is 4.74 Å². The zero-order chi connectivity index (χ0) is 18.2. The molecular weight excluding hydrogens is 471 g/mol. The molecule has 1 aliphatic carbocycles. The second-order valence-electron chi connectivity index (χ2n) is 7.99. The number of hydrogen-bond donors (Lipinski definition) is 2. The van der Waals surface area contributed by atoms with E-state index in [4.69, 9.17) is 9.73 Å². The van der Waals surface area contributed by atoms with E-state index >= 15 is 0 Å². The summed E-state index contributed by atoms with van der Waals surface area (Å²) in [7, 11) is 0. The van der Waals surface area contributed by atoms with Crippen LogP contribution in [0, 0.1) is 0 Å². The standard InChI is InChI=1S/C20H38N4OS.HI/c1-3-21-19(22-16-20(26-4-2)10-13-25-14-11-20)23-17-9-12-24(15-17)18-7-5-6-8-18;/h17-18H,3-16H2,1-2H3,(H2,21,22,23);1H. The number of nitrogens with one attached hydrogen (secondary N) is 2. The van der Waals surface area contributed by atoms with Gasteiger partial charge in [-0.25, -0.2) is 0 Å². The third kappa shape index (κ3) is 6.93. The summed E-state index contributed by atoms with van der Waals surface area (Å²) in [4.78, 5) is 7.72. The molecule has 3 rings (SSSR count). The predicted octanol–water partition coefficient (Wildman–Crippen LogP) is 3.48. The second kappa shape index (κ2) is 12.1. The first kappa shape index (κ1) is 23.5. The number of nitrogens with zero attached hydrogens (tertiary/aromatic N) is 2. The summed E-state index contributed by atoms with van der Waals surface area (Å²) in [6.45, 7) is 10.4. The first-order chi connectivity index (χ1) is 12.7. The molecule has 158 valence electrons. The van der Waals surface area contributed by atoms with E-state index in [1.165, 1.54) is 45.2 Å². The summed E-state index contributed by atoms with van der Waals surface area (Å²) >= 11 is 2.07. The molecule has 1 unspecified atom stereocenters. The van der Waals surface area contributed by atoms with E-state index in [1.807, 2.05) is 0 Å². The predicted molar refractivity (Wildman–Crippen MR) is 128 cm³/mol. The lowest BCUT2D eigenvalue weighted by Crippen LogP contribution is -2.46. The molecule has 0 aromatic rings. The average Bonchev–Trinajstić information content (AvgIpc) is 3.33. The van der Waals surface area contributed by atoms with Crippen molar-refractivity contribution < 1.29 is 4.74 Å². The number of ether oxygens (including phenoxy) is 1. The van der Waals surface area contributed by atoms with Gasteiger partial charge >= 0.3 is 0 Å². The Kier molecular flexibility index (Phi) is 10.5. The van der Waals surface area contributed by atoms with Crippen molar-refractivity contribution in [3.05, 3.63) is 0 Å². The molecule has 1 atom stereocenters. The Hall–Kier alpha value is 0.270. The SMILES string of the molecule is CCNC(=NCC1(SCC)CCOCC1)NC1CCN(C2CCCC2)C1.I. The van der Waals surface area contributed by atoms with Crippen LogP contribution in [0.1, 0.15) is 58.8 Å². The molecule has 2 saturated heterocycles. The summed E-state index contributed by atoms with van der Waals surface area (Å²) in [6.07, 6.45) is 9.12. The molecule has 27 heavy (non-hydrogen) atoms. The minimum Gasteiger partial charge on any atom is -0.381 e. The molecule has 2 aliphatic heterocycles. The average molecular weight is 511 g/mol. The normalized spacial score (nSPS) is 26.7. The molecule has 1 saturated carbocycles. The minimum atomic E-state index is 0. The van der Waals surface area contributed by atoms with E-state index in [9.17, 15) is 0 Å². The zero-order valence-electron chi connectivity index (χ0n) is 17.2. The van der Waals surface area contributed by atoms with Gasteiger partial charge in [0.1, 0.15) is 0 Å². The fraction of sp³-hybridized carbons (Fsp3) is 0.950. The molecule has 0 amide bonds. The fourth-order valence-electron chi connectivity index (χ4n) is 4.64. The lowest BCUT2D eigenvalue weighted by atomic mass is 9.99. The first-order valence-corrected chi connectivity index (χ1v) is 11.7. The van der Waals surface area contributed by atoms with Gasteiger partial charge in [-0.3, -0.25) is 9.89 Å². The number of thioether (sulfide) groups is 1. The van der Waals surface area contributed by atoms with Crippen LogP contribution < -0.4 is 10.6 Å². The highest BCUT2D eigenvalue weighted by molar-refractivity contribution is 14.0. The van der Waals surface area contributed by atoms with Crippen LogP contribution >= 0.6 is 35.7 Å². The third-order valence-electron chi connectivity index (χ3n) is 6.13. The molecule has 3 fully saturated rings. The van der Waals surface area contributed by atoms with Gasteiger partial charge in [0.05, 0.1) is 6.54 Å². The maximum atomic E-state index is 5.59. The Morgan fingerprint density at radius 3 is 2.59 bits per heavy atom. The summed E-state index contributed by atoms with van der Waals surface area (Å²) in [5.74, 6) is 2.16. The van der Waals surface area contributed by atoms with Gasteiger partial charge in [-0.1, -0.05) is 19.8 Å². The van der Waals surface area contributed by atoms with E-state index in [2.05, 4.69) is 41.1 Å². The van der Waals surface area contributed by atoms with E-state index in [1.54, 1.807) is 0 Å². The van der Waals surface area contributed by atoms with Crippen molar-refractivity contribution in [2.75, 3.05) is 45.1 Å². The molecular formula is C20H39IN4OS. The van der Waals surface area contributed by atoms with Crippen molar-refractivity contribution in [2.24, 2.45) is 4.99 Å². The highest BCUT2D eigenvalue weighted by Gasteiger charge is 2.33. The van der Waals surface area contributed by atoms with Crippen LogP contribution in [0.25, 0.3) is 0 Å². The Bertz CT molecular complexity index is 448. The number of aliphatic imine (C=N–C) groups is 1. The Morgan fingerprint density at radius 2 is 1.93 bits per heavy atom. The number of halogens is 1. The molecule has 7 heteroatoms. The van der Waals surface area contributed by atoms with Gasteiger partial charge in [-0.15, -0.1) is 24.0 Å². The van der Waals surface area contributed by atoms with Gasteiger partial charge in [-0.05, 0) is 44.8 Å². The van der Waals surface area contributed by atoms with Gasteiger partial charge in [0.15, 0.2) is 5.96 Å². The van der Waals surface area contributed by atoms with Crippen molar-refractivity contribution in [3.63, 3.8) is 0 Å². The van der Waals surface area contributed by atoms with E-state index in [0.717, 1.165) is 56.9 Å². The summed E-state index contributed by atoms with van der Waals surface area (Å²) < 4.78 is 5.86. The van der Waals surface area contributed by atoms with Crippen molar-refractivity contribution in [3.8, 4) is 0 Å². The number of rotatable bonds is 7. The Labute approximate surface area is 187 Å². The van der Waals surface area contributed by atoms with Crippen molar-refractivity contribution in [2.45, 2.75) is 75.6 Å². The number of likely N-dealkylation sites (tertiary alicyclic amines) is 1. The number of hydrogen-bond acceptors (Lipinski definition) is 4. The fourth-order valence-corrected chi connectivity index (χ4v) is 5.86. The van der Waals surface area contributed by atoms with Crippen LogP contribution in [0.4, 0.5) is 0 Å². The highest BCUT2D eigenvalue weighted by atomic mass is 127. The second-order valence-corrected chi connectivity index (χ2v) is 9.72. The third-order valence-corrected chi connectivity index (χ3v) is 7.56. The molecule has 2 N–H and O–H groups in total. The molecule has 0 radical (unpaired) electrons. The van der Waals surface area contributed by atoms with Crippen molar-refractivity contribution in [1.29, 1.82) is 0 Å². The molecule has 2 heterocycles. The quantitative estimate of drug-likeness (QED) is 0.312. The largest absolute Gasteiger partial charge is 0.381 e. The molecule has 0 spiro atoms. The lowest BCUT2D eigenvalue weighted by Gasteiger charge is -2.35. The van der Waals surface area contributed by atoms with Crippen LogP contribution in [-0.4, -0.2) is 72.8 Å². The summed E-state index contributed by atoms with van der Waals surface area (Å²) in [5, 5.41) is 7.20. The van der Waals surface area contributed by atoms with Crippen LogP contribution in [0.15, 0.2) is 4.99 Å². The van der Waals surface area contributed by atoms with Crippen molar-refractivity contribution >= 4 is 41.7 Å². The molecule has 5 nitrogen and oxygen atoms in total. The number of guanidine groups is 1. The smallest absolute Gasteiger partial charge is 0.191 e. The van der Waals surface area contributed by atoms with E-state index < -0.39 is 0 Å².